The monoisotopic (exact) mass is 519 g/mol. The van der Waals surface area contributed by atoms with E-state index < -0.39 is 24.1 Å². The Morgan fingerprint density at radius 1 is 1.18 bits per heavy atom. The van der Waals surface area contributed by atoms with Gasteiger partial charge in [-0.1, -0.05) is 18.2 Å². The number of aliphatic hydroxyl groups is 2. The highest BCUT2D eigenvalue weighted by Gasteiger charge is 2.32. The summed E-state index contributed by atoms with van der Waals surface area (Å²) in [5.74, 6) is -0.801. The zero-order valence-electron chi connectivity index (χ0n) is 20.2. The summed E-state index contributed by atoms with van der Waals surface area (Å²) < 4.78 is 20.2. The molecule has 1 aromatic heterocycles. The third kappa shape index (κ3) is 5.17. The van der Waals surface area contributed by atoms with E-state index in [-0.39, 0.29) is 37.8 Å². The van der Waals surface area contributed by atoms with Crippen LogP contribution in [0.2, 0.25) is 0 Å². The van der Waals surface area contributed by atoms with Gasteiger partial charge in [-0.15, -0.1) is 0 Å². The van der Waals surface area contributed by atoms with Crippen LogP contribution in [0.15, 0.2) is 66.9 Å². The van der Waals surface area contributed by atoms with Gasteiger partial charge in [-0.05, 0) is 59.2 Å². The van der Waals surface area contributed by atoms with Gasteiger partial charge in [0.1, 0.15) is 17.7 Å². The van der Waals surface area contributed by atoms with Crippen molar-refractivity contribution in [1.29, 1.82) is 0 Å². The number of phenolic OH excluding ortho intramolecular Hbond substituents is 1. The van der Waals surface area contributed by atoms with E-state index >= 15 is 4.39 Å². The molecule has 1 aliphatic heterocycles. The molecule has 0 saturated carbocycles. The highest BCUT2D eigenvalue weighted by Crippen LogP contribution is 2.32. The Morgan fingerprint density at radius 2 is 2.03 bits per heavy atom. The van der Waals surface area contributed by atoms with Gasteiger partial charge in [0, 0.05) is 29.2 Å². The minimum atomic E-state index is -0.969. The maximum absolute atomic E-state index is 15.1. The third-order valence-electron chi connectivity index (χ3n) is 6.52. The number of fused-ring (bicyclic) bond motifs is 1. The number of aromatic amines is 1. The maximum atomic E-state index is 15.1. The van der Waals surface area contributed by atoms with Crippen LogP contribution in [0.5, 0.6) is 5.75 Å². The average molecular weight is 520 g/mol. The molecule has 5 N–H and O–H groups in total. The van der Waals surface area contributed by atoms with Crippen LogP contribution in [0.25, 0.3) is 22.0 Å². The molecule has 38 heavy (non-hydrogen) atoms. The minimum Gasteiger partial charge on any atom is -0.508 e. The Hall–Kier alpha value is -4.41. The first-order valence-corrected chi connectivity index (χ1v) is 12.0. The van der Waals surface area contributed by atoms with Crippen molar-refractivity contribution in [2.75, 3.05) is 24.6 Å². The minimum absolute atomic E-state index is 0.0168. The van der Waals surface area contributed by atoms with E-state index in [1.54, 1.807) is 48.7 Å². The quantitative estimate of drug-likeness (QED) is 0.242. The Bertz CT molecular complexity index is 1500. The first kappa shape index (κ1) is 25.2. The van der Waals surface area contributed by atoms with Gasteiger partial charge in [-0.3, -0.25) is 9.69 Å². The number of carbonyl (C=O) groups excluding carboxylic acids is 2. The van der Waals surface area contributed by atoms with Crippen LogP contribution in [-0.2, 0) is 16.0 Å². The van der Waals surface area contributed by atoms with Crippen molar-refractivity contribution >= 4 is 28.6 Å². The molecule has 0 radical (unpaired) electrons. The maximum Gasteiger partial charge on any atom is 0.414 e. The highest BCUT2D eigenvalue weighted by molar-refractivity contribution is 5.93. The Kier molecular flexibility index (Phi) is 6.99. The van der Waals surface area contributed by atoms with E-state index in [9.17, 15) is 24.9 Å². The second-order valence-corrected chi connectivity index (χ2v) is 9.13. The lowest BCUT2D eigenvalue weighted by molar-refractivity contribution is -0.120. The largest absolute Gasteiger partial charge is 0.508 e. The predicted octanol–water partition coefficient (Wildman–Crippen LogP) is 3.39. The summed E-state index contributed by atoms with van der Waals surface area (Å²) in [6.45, 7) is -0.186. The molecule has 196 valence electrons. The fourth-order valence-corrected chi connectivity index (χ4v) is 4.52. The third-order valence-corrected chi connectivity index (χ3v) is 6.52. The average Bonchev–Trinajstić information content (AvgIpc) is 3.49. The molecule has 5 rings (SSSR count). The number of amides is 2. The normalized spacial score (nSPS) is 16.0. The second kappa shape index (κ2) is 10.5. The number of benzene rings is 3. The van der Waals surface area contributed by atoms with Gasteiger partial charge >= 0.3 is 6.09 Å². The number of cyclic esters (lactones) is 1. The highest BCUT2D eigenvalue weighted by atomic mass is 19.1. The van der Waals surface area contributed by atoms with Crippen molar-refractivity contribution < 1.29 is 34.0 Å². The molecule has 4 aromatic rings. The molecule has 0 bridgehead atoms. The molecule has 1 unspecified atom stereocenters. The Balaban J connectivity index is 1.30. The Morgan fingerprint density at radius 3 is 2.76 bits per heavy atom. The first-order valence-electron chi connectivity index (χ1n) is 12.0. The number of nitrogens with zero attached hydrogens (tertiary/aromatic N) is 1. The number of aromatic hydroxyl groups is 1. The van der Waals surface area contributed by atoms with Gasteiger partial charge in [-0.25, -0.2) is 9.18 Å². The van der Waals surface area contributed by atoms with E-state index in [1.165, 1.54) is 23.1 Å². The number of hydrogen-bond donors (Lipinski definition) is 5. The van der Waals surface area contributed by atoms with Gasteiger partial charge in [0.2, 0.25) is 5.91 Å². The van der Waals surface area contributed by atoms with Gasteiger partial charge < -0.3 is 30.4 Å². The second-order valence-electron chi connectivity index (χ2n) is 9.13. The van der Waals surface area contributed by atoms with Crippen LogP contribution < -0.4 is 10.2 Å². The topological polar surface area (TPSA) is 135 Å². The van der Waals surface area contributed by atoms with E-state index in [2.05, 4.69) is 10.3 Å². The van der Waals surface area contributed by atoms with Crippen molar-refractivity contribution in [3.8, 4) is 16.9 Å². The van der Waals surface area contributed by atoms with E-state index in [0.717, 1.165) is 10.9 Å². The van der Waals surface area contributed by atoms with Crippen molar-refractivity contribution in [3.05, 3.63) is 83.8 Å². The number of carbonyl (C=O) groups is 2. The summed E-state index contributed by atoms with van der Waals surface area (Å²) >= 11 is 0. The number of halogens is 1. The summed E-state index contributed by atoms with van der Waals surface area (Å²) in [6, 6.07) is 16.0. The van der Waals surface area contributed by atoms with Crippen LogP contribution in [0.4, 0.5) is 14.9 Å². The molecule has 1 fully saturated rings. The summed E-state index contributed by atoms with van der Waals surface area (Å²) in [5.41, 5.74) is 3.23. The molecule has 1 aliphatic rings. The van der Waals surface area contributed by atoms with Crippen LogP contribution in [-0.4, -0.2) is 58.1 Å². The SMILES string of the molecule is O=C(Cc1c[nH]c2ccc(-c3ccc(N4C[C@H](CO)OC4=O)cc3F)cc12)NCC(O)c1cccc(O)c1. The van der Waals surface area contributed by atoms with Crippen LogP contribution in [0.1, 0.15) is 17.2 Å². The number of nitrogens with one attached hydrogen (secondary N) is 2. The van der Waals surface area contributed by atoms with Crippen molar-refractivity contribution in [3.63, 3.8) is 0 Å². The molecule has 1 saturated heterocycles. The number of rotatable bonds is 8. The lowest BCUT2D eigenvalue weighted by Crippen LogP contribution is -2.29. The predicted molar refractivity (Wildman–Crippen MR) is 138 cm³/mol. The van der Waals surface area contributed by atoms with Gasteiger partial charge in [-0.2, -0.15) is 0 Å². The van der Waals surface area contributed by atoms with Crippen molar-refractivity contribution in [2.45, 2.75) is 18.6 Å². The fourth-order valence-electron chi connectivity index (χ4n) is 4.52. The summed E-state index contributed by atoms with van der Waals surface area (Å²) in [6.07, 6.45) is -0.492. The zero-order valence-corrected chi connectivity index (χ0v) is 20.2. The molecule has 0 aliphatic carbocycles. The lowest BCUT2D eigenvalue weighted by atomic mass is 10.0. The van der Waals surface area contributed by atoms with Gasteiger partial charge in [0.05, 0.1) is 31.4 Å². The number of ether oxygens (including phenoxy) is 1. The molecular weight excluding hydrogens is 493 g/mol. The number of H-pyrrole nitrogens is 1. The standard InChI is InChI=1S/C28H26FN3O6/c29-24-11-19(32-14-21(15-33)38-28(32)37)5-6-22(24)16-4-7-25-23(9-16)18(12-30-25)10-27(36)31-13-26(35)17-2-1-3-20(34)8-17/h1-9,11-12,21,26,30,33-35H,10,13-15H2,(H,31,36)/t21-,26?/m1/s1. The molecule has 2 amide bonds. The number of anilines is 1. The summed E-state index contributed by atoms with van der Waals surface area (Å²) in [7, 11) is 0. The van der Waals surface area contributed by atoms with E-state index in [1.807, 2.05) is 0 Å². The van der Waals surface area contributed by atoms with E-state index in [0.29, 0.717) is 27.9 Å². The molecule has 2 atom stereocenters. The van der Waals surface area contributed by atoms with Crippen LogP contribution in [0.3, 0.4) is 0 Å². The molecular formula is C28H26FN3O6. The van der Waals surface area contributed by atoms with Crippen LogP contribution in [0, 0.1) is 5.82 Å². The summed E-state index contributed by atoms with van der Waals surface area (Å²) in [5, 5.41) is 32.6. The fraction of sp³-hybridized carbons (Fsp3) is 0.214. The smallest absolute Gasteiger partial charge is 0.414 e. The molecule has 10 heteroatoms. The van der Waals surface area contributed by atoms with Crippen LogP contribution >= 0.6 is 0 Å². The molecule has 3 aromatic carbocycles. The summed E-state index contributed by atoms with van der Waals surface area (Å²) in [4.78, 5) is 29.0. The number of aromatic nitrogens is 1. The number of aliphatic hydroxyl groups excluding tert-OH is 2. The molecule has 0 spiro atoms. The number of phenols is 1. The lowest BCUT2D eigenvalue weighted by Gasteiger charge is -2.14. The molecule has 9 nitrogen and oxygen atoms in total. The van der Waals surface area contributed by atoms with E-state index in [4.69, 9.17) is 4.74 Å². The Labute approximate surface area is 217 Å². The van der Waals surface area contributed by atoms with Crippen molar-refractivity contribution in [2.24, 2.45) is 0 Å². The van der Waals surface area contributed by atoms with Crippen molar-refractivity contribution in [1.82, 2.24) is 10.3 Å². The molecule has 2 heterocycles. The van der Waals surface area contributed by atoms with Gasteiger partial charge in [0.25, 0.3) is 0 Å². The van der Waals surface area contributed by atoms with Gasteiger partial charge in [0.15, 0.2) is 0 Å². The first-order chi connectivity index (χ1) is 18.3. The number of hydrogen-bond acceptors (Lipinski definition) is 6. The zero-order chi connectivity index (χ0) is 26.8.